The van der Waals surface area contributed by atoms with Crippen molar-refractivity contribution in [1.29, 1.82) is 0 Å². The Balaban J connectivity index is 1.78. The number of aromatic nitrogens is 5. The molecule has 0 fully saturated rings. The number of alkyl halides is 1. The summed E-state index contributed by atoms with van der Waals surface area (Å²) in [6.45, 7) is 2.78. The van der Waals surface area contributed by atoms with Gasteiger partial charge >= 0.3 is 0 Å². The van der Waals surface area contributed by atoms with Crippen LogP contribution in [0.3, 0.4) is 0 Å². The molecule has 138 valence electrons. The van der Waals surface area contributed by atoms with Crippen molar-refractivity contribution < 1.29 is 4.74 Å². The van der Waals surface area contributed by atoms with E-state index in [0.717, 1.165) is 40.2 Å². The monoisotopic (exact) mass is 454 g/mol. The second-order valence-electron chi connectivity index (χ2n) is 5.32. The summed E-state index contributed by atoms with van der Waals surface area (Å²) in [7, 11) is 0. The minimum Gasteiger partial charge on any atom is -0.494 e. The van der Waals surface area contributed by atoms with Gasteiger partial charge in [0.25, 0.3) is 0 Å². The molecule has 7 nitrogen and oxygen atoms in total. The van der Waals surface area contributed by atoms with Gasteiger partial charge in [0.1, 0.15) is 10.8 Å². The summed E-state index contributed by atoms with van der Waals surface area (Å²) in [6, 6.07) is 7.83. The second kappa shape index (κ2) is 9.33. The molecule has 26 heavy (non-hydrogen) atoms. The Morgan fingerprint density at radius 1 is 1.35 bits per heavy atom. The van der Waals surface area contributed by atoms with E-state index in [4.69, 9.17) is 10.5 Å². The molecule has 0 aliphatic rings. The number of nitrogen functional groups attached to an aromatic ring is 1. The molecule has 2 aromatic heterocycles. The summed E-state index contributed by atoms with van der Waals surface area (Å²) in [5.74, 6) is 2.09. The van der Waals surface area contributed by atoms with Crippen molar-refractivity contribution in [3.05, 3.63) is 24.3 Å². The van der Waals surface area contributed by atoms with Gasteiger partial charge in [0.05, 0.1) is 6.61 Å². The molecule has 0 saturated carbocycles. The summed E-state index contributed by atoms with van der Waals surface area (Å²) in [6.07, 6.45) is 2.01. The van der Waals surface area contributed by atoms with Gasteiger partial charge in [0.15, 0.2) is 0 Å². The first-order chi connectivity index (χ1) is 12.7. The number of halogens is 1. The van der Waals surface area contributed by atoms with Crippen LogP contribution < -0.4 is 10.5 Å². The van der Waals surface area contributed by atoms with Gasteiger partial charge in [-0.05, 0) is 25.0 Å². The Hall–Kier alpha value is -1.65. The molecule has 0 aliphatic heterocycles. The molecule has 0 radical (unpaired) electrons. The van der Waals surface area contributed by atoms with Crippen molar-refractivity contribution in [3.63, 3.8) is 0 Å². The Labute approximate surface area is 168 Å². The summed E-state index contributed by atoms with van der Waals surface area (Å²) in [4.78, 5) is 4.27. The van der Waals surface area contributed by atoms with Gasteiger partial charge in [0, 0.05) is 16.6 Å². The molecule has 1 aromatic carbocycles. The highest BCUT2D eigenvalue weighted by atomic mass is 79.9. The molecule has 2 heterocycles. The summed E-state index contributed by atoms with van der Waals surface area (Å²) < 4.78 is 7.27. The molecule has 0 unspecified atom stereocenters. The number of benzene rings is 1. The zero-order chi connectivity index (χ0) is 18.4. The SMILES string of the molecule is CCCSc1nc(N)n(-c2nnc(-c3cccc(OCCCBr)c3)s2)n1. The van der Waals surface area contributed by atoms with Crippen molar-refractivity contribution in [3.8, 4) is 21.5 Å². The predicted molar refractivity (Wildman–Crippen MR) is 110 cm³/mol. The van der Waals surface area contributed by atoms with Gasteiger partial charge in [-0.3, -0.25) is 0 Å². The molecule has 2 N–H and O–H groups in total. The molecule has 3 aromatic rings. The Morgan fingerprint density at radius 2 is 2.23 bits per heavy atom. The first-order valence-electron chi connectivity index (χ1n) is 8.19. The van der Waals surface area contributed by atoms with E-state index in [9.17, 15) is 0 Å². The lowest BCUT2D eigenvalue weighted by Gasteiger charge is -2.05. The van der Waals surface area contributed by atoms with Gasteiger partial charge in [-0.25, -0.2) is 0 Å². The van der Waals surface area contributed by atoms with Gasteiger partial charge < -0.3 is 10.5 Å². The average molecular weight is 455 g/mol. The van der Waals surface area contributed by atoms with E-state index in [1.807, 2.05) is 24.3 Å². The molecule has 10 heteroatoms. The highest BCUT2D eigenvalue weighted by Gasteiger charge is 2.15. The lowest BCUT2D eigenvalue weighted by Crippen LogP contribution is -2.01. The number of hydrogen-bond acceptors (Lipinski definition) is 8. The van der Waals surface area contributed by atoms with E-state index in [0.29, 0.717) is 22.8 Å². The summed E-state index contributed by atoms with van der Waals surface area (Å²) in [5, 5.41) is 15.9. The Morgan fingerprint density at radius 3 is 3.04 bits per heavy atom. The van der Waals surface area contributed by atoms with Gasteiger partial charge in [0.2, 0.25) is 16.2 Å². The van der Waals surface area contributed by atoms with Crippen LogP contribution in [0.4, 0.5) is 5.95 Å². The van der Waals surface area contributed by atoms with E-state index < -0.39 is 0 Å². The molecule has 0 bridgehead atoms. The summed E-state index contributed by atoms with van der Waals surface area (Å²) >= 11 is 6.39. The number of thioether (sulfide) groups is 1. The molecular formula is C16H19BrN6OS2. The molecule has 0 saturated heterocycles. The average Bonchev–Trinajstić information content (AvgIpc) is 3.27. The van der Waals surface area contributed by atoms with Crippen LogP contribution in [0, 0.1) is 0 Å². The first kappa shape index (κ1) is 19.1. The highest BCUT2D eigenvalue weighted by Crippen LogP contribution is 2.29. The molecule has 0 aliphatic carbocycles. The zero-order valence-electron chi connectivity index (χ0n) is 14.3. The first-order valence-corrected chi connectivity index (χ1v) is 11.1. The maximum absolute atomic E-state index is 5.98. The maximum Gasteiger partial charge on any atom is 0.236 e. The van der Waals surface area contributed by atoms with E-state index in [1.165, 1.54) is 16.0 Å². The van der Waals surface area contributed by atoms with Crippen molar-refractivity contribution >= 4 is 45.0 Å². The summed E-state index contributed by atoms with van der Waals surface area (Å²) in [5.41, 5.74) is 6.92. The minimum atomic E-state index is 0.318. The van der Waals surface area contributed by atoms with Gasteiger partial charge in [-0.15, -0.1) is 15.3 Å². The van der Waals surface area contributed by atoms with Crippen molar-refractivity contribution in [2.24, 2.45) is 0 Å². The fourth-order valence-electron chi connectivity index (χ4n) is 2.08. The highest BCUT2D eigenvalue weighted by molar-refractivity contribution is 9.09. The van der Waals surface area contributed by atoms with Crippen LogP contribution in [-0.2, 0) is 0 Å². The third-order valence-electron chi connectivity index (χ3n) is 3.27. The molecule has 0 amide bonds. The standard InChI is InChI=1S/C16H19BrN6OS2/c1-2-9-25-15-19-14(18)23(22-15)16-21-20-13(26-16)11-5-3-6-12(10-11)24-8-4-7-17/h3,5-6,10H,2,4,7-9H2,1H3,(H2,18,19,22). The van der Waals surface area contributed by atoms with Crippen molar-refractivity contribution in [2.45, 2.75) is 24.9 Å². The van der Waals surface area contributed by atoms with Gasteiger partial charge in [-0.2, -0.15) is 9.67 Å². The number of nitrogens with two attached hydrogens (primary N) is 1. The lowest BCUT2D eigenvalue weighted by atomic mass is 10.2. The third kappa shape index (κ3) is 4.74. The van der Waals surface area contributed by atoms with Crippen LogP contribution in [0.2, 0.25) is 0 Å². The van der Waals surface area contributed by atoms with Crippen molar-refractivity contribution in [1.82, 2.24) is 25.0 Å². The van der Waals surface area contributed by atoms with Crippen LogP contribution in [0.5, 0.6) is 5.75 Å². The number of ether oxygens (including phenoxy) is 1. The van der Waals surface area contributed by atoms with E-state index >= 15 is 0 Å². The quantitative estimate of drug-likeness (QED) is 0.296. The van der Waals surface area contributed by atoms with Crippen LogP contribution in [0.1, 0.15) is 19.8 Å². The van der Waals surface area contributed by atoms with Gasteiger partial charge in [-0.1, -0.05) is 58.1 Å². The van der Waals surface area contributed by atoms with Crippen LogP contribution in [-0.4, -0.2) is 42.7 Å². The maximum atomic E-state index is 5.98. The third-order valence-corrected chi connectivity index (χ3v) is 5.82. The number of anilines is 1. The molecule has 0 atom stereocenters. The van der Waals surface area contributed by atoms with E-state index in [-0.39, 0.29) is 0 Å². The van der Waals surface area contributed by atoms with Crippen LogP contribution >= 0.6 is 39.0 Å². The lowest BCUT2D eigenvalue weighted by molar-refractivity contribution is 0.319. The Kier molecular flexibility index (Phi) is 6.86. The minimum absolute atomic E-state index is 0.318. The van der Waals surface area contributed by atoms with Crippen molar-refractivity contribution in [2.75, 3.05) is 23.4 Å². The number of rotatable bonds is 9. The predicted octanol–water partition coefficient (Wildman–Crippen LogP) is 4.03. The smallest absolute Gasteiger partial charge is 0.236 e. The molecule has 3 rings (SSSR count). The second-order valence-corrected chi connectivity index (χ2v) is 8.13. The normalized spacial score (nSPS) is 11.0. The largest absolute Gasteiger partial charge is 0.494 e. The topological polar surface area (TPSA) is 91.7 Å². The van der Waals surface area contributed by atoms with Crippen LogP contribution in [0.15, 0.2) is 29.4 Å². The van der Waals surface area contributed by atoms with E-state index in [2.05, 4.69) is 43.1 Å². The zero-order valence-corrected chi connectivity index (χ0v) is 17.5. The van der Waals surface area contributed by atoms with Crippen LogP contribution in [0.25, 0.3) is 15.7 Å². The molecule has 0 spiro atoms. The Bertz CT molecular complexity index is 853. The molecular weight excluding hydrogens is 436 g/mol. The fraction of sp³-hybridized carbons (Fsp3) is 0.375. The fourth-order valence-corrected chi connectivity index (χ4v) is 3.80. The van der Waals surface area contributed by atoms with E-state index in [1.54, 1.807) is 11.8 Å². The number of nitrogens with zero attached hydrogens (tertiary/aromatic N) is 5. The number of hydrogen-bond donors (Lipinski definition) is 1.